The van der Waals surface area contributed by atoms with Crippen LogP contribution in [0.15, 0.2) is 4.99 Å². The Bertz CT molecular complexity index is 128. The highest BCUT2D eigenvalue weighted by Crippen LogP contribution is 1.84. The van der Waals surface area contributed by atoms with Gasteiger partial charge in [0.05, 0.1) is 0 Å². The van der Waals surface area contributed by atoms with E-state index in [0.717, 1.165) is 12.8 Å². The third-order valence-corrected chi connectivity index (χ3v) is 0.774. The Balaban J connectivity index is 3.12. The Morgan fingerprint density at radius 1 is 1.56 bits per heavy atom. The Labute approximate surface area is 55.1 Å². The van der Waals surface area contributed by atoms with E-state index in [1.54, 1.807) is 0 Å². The number of unbranched alkanes of at least 4 members (excludes halogenated alkanes) is 1. The van der Waals surface area contributed by atoms with E-state index < -0.39 is 0 Å². The van der Waals surface area contributed by atoms with Crippen molar-refractivity contribution in [1.29, 1.82) is 0 Å². The van der Waals surface area contributed by atoms with E-state index >= 15 is 0 Å². The minimum atomic E-state index is 0.132. The number of hydrogen-bond acceptors (Lipinski definition) is 1. The molecule has 0 aliphatic heterocycles. The third-order valence-electron chi connectivity index (χ3n) is 0.774. The van der Waals surface area contributed by atoms with Crippen molar-refractivity contribution < 1.29 is 0 Å². The Kier molecular flexibility index (Phi) is 4.33. The van der Waals surface area contributed by atoms with Gasteiger partial charge in [-0.05, 0) is 6.42 Å². The first-order valence-electron chi connectivity index (χ1n) is 2.76. The second-order valence-electron chi connectivity index (χ2n) is 1.61. The van der Waals surface area contributed by atoms with Crippen LogP contribution in [0, 0.1) is 12.3 Å². The average Bonchev–Trinajstić information content (AvgIpc) is 1.80. The van der Waals surface area contributed by atoms with Crippen molar-refractivity contribution in [2.75, 3.05) is 6.54 Å². The number of terminal acetylenes is 1. The lowest BCUT2D eigenvalue weighted by Crippen LogP contribution is -2.22. The molecule has 0 radical (unpaired) electrons. The number of nitrogens with zero attached hydrogens (tertiary/aromatic N) is 1. The fourth-order valence-corrected chi connectivity index (χ4v) is 0.389. The molecule has 3 nitrogen and oxygen atoms in total. The van der Waals surface area contributed by atoms with E-state index in [0.29, 0.717) is 6.54 Å². The summed E-state index contributed by atoms with van der Waals surface area (Å²) in [6.45, 7) is 0.631. The maximum Gasteiger partial charge on any atom is 0.185 e. The Hall–Kier alpha value is -1.17. The van der Waals surface area contributed by atoms with Crippen molar-refractivity contribution in [3.05, 3.63) is 0 Å². The van der Waals surface area contributed by atoms with Crippen molar-refractivity contribution in [3.63, 3.8) is 0 Å². The first-order valence-corrected chi connectivity index (χ1v) is 2.76. The van der Waals surface area contributed by atoms with Crippen LogP contribution in [-0.4, -0.2) is 12.5 Å². The molecule has 0 aromatic rings. The fourth-order valence-electron chi connectivity index (χ4n) is 0.389. The quantitative estimate of drug-likeness (QED) is 0.235. The zero-order valence-corrected chi connectivity index (χ0v) is 5.30. The van der Waals surface area contributed by atoms with E-state index in [4.69, 9.17) is 17.9 Å². The van der Waals surface area contributed by atoms with Gasteiger partial charge in [0.1, 0.15) is 0 Å². The minimum absolute atomic E-state index is 0.132. The summed E-state index contributed by atoms with van der Waals surface area (Å²) in [4.78, 5) is 3.74. The molecule has 0 aliphatic carbocycles. The van der Waals surface area contributed by atoms with Crippen LogP contribution < -0.4 is 11.5 Å². The summed E-state index contributed by atoms with van der Waals surface area (Å²) in [5, 5.41) is 0. The molecule has 0 bridgehead atoms. The van der Waals surface area contributed by atoms with E-state index in [9.17, 15) is 0 Å². The molecule has 0 saturated carbocycles. The molecular formula is C6H11N3. The maximum absolute atomic E-state index is 5.05. The van der Waals surface area contributed by atoms with E-state index in [1.807, 2.05) is 0 Å². The predicted molar refractivity (Wildman–Crippen MR) is 38.7 cm³/mol. The number of rotatable bonds is 3. The molecule has 0 rings (SSSR count). The summed E-state index contributed by atoms with van der Waals surface area (Å²) in [6.07, 6.45) is 6.57. The Morgan fingerprint density at radius 2 is 2.22 bits per heavy atom. The SMILES string of the molecule is C#CCCCN=C(N)N. The van der Waals surface area contributed by atoms with Crippen molar-refractivity contribution in [1.82, 2.24) is 0 Å². The largest absolute Gasteiger partial charge is 0.370 e. The molecule has 0 aromatic carbocycles. The highest BCUT2D eigenvalue weighted by atomic mass is 15.0. The second kappa shape index (κ2) is 4.98. The van der Waals surface area contributed by atoms with E-state index in [-0.39, 0.29) is 5.96 Å². The van der Waals surface area contributed by atoms with Crippen LogP contribution in [0.1, 0.15) is 12.8 Å². The van der Waals surface area contributed by atoms with Gasteiger partial charge < -0.3 is 11.5 Å². The Morgan fingerprint density at radius 3 is 2.67 bits per heavy atom. The smallest absolute Gasteiger partial charge is 0.185 e. The molecule has 0 atom stereocenters. The van der Waals surface area contributed by atoms with Crippen LogP contribution in [-0.2, 0) is 0 Å². The summed E-state index contributed by atoms with van der Waals surface area (Å²) >= 11 is 0. The van der Waals surface area contributed by atoms with Crippen molar-refractivity contribution in [2.24, 2.45) is 16.5 Å². The first-order chi connectivity index (χ1) is 4.27. The summed E-state index contributed by atoms with van der Waals surface area (Å²) in [7, 11) is 0. The normalized spacial score (nSPS) is 7.89. The zero-order valence-electron chi connectivity index (χ0n) is 5.30. The highest BCUT2D eigenvalue weighted by Gasteiger charge is 1.80. The van der Waals surface area contributed by atoms with Gasteiger partial charge in [-0.3, -0.25) is 4.99 Å². The molecule has 0 spiro atoms. The number of hydrogen-bond donors (Lipinski definition) is 2. The lowest BCUT2D eigenvalue weighted by Gasteiger charge is -1.89. The van der Waals surface area contributed by atoms with Crippen molar-refractivity contribution in [2.45, 2.75) is 12.8 Å². The molecule has 0 fully saturated rings. The fraction of sp³-hybridized carbons (Fsp3) is 0.500. The number of aliphatic imine (C=N–C) groups is 1. The van der Waals surface area contributed by atoms with Gasteiger partial charge in [-0.15, -0.1) is 12.3 Å². The standard InChI is InChI=1S/C6H11N3/c1-2-3-4-5-9-6(7)8/h1H,3-5H2,(H4,7,8,9). The lowest BCUT2D eigenvalue weighted by atomic mass is 10.3. The average molecular weight is 125 g/mol. The molecule has 3 heteroatoms. The van der Waals surface area contributed by atoms with Crippen LogP contribution in [0.2, 0.25) is 0 Å². The van der Waals surface area contributed by atoms with Crippen LogP contribution >= 0.6 is 0 Å². The van der Waals surface area contributed by atoms with Gasteiger partial charge in [0.15, 0.2) is 5.96 Å². The molecule has 0 aliphatic rings. The van der Waals surface area contributed by atoms with Crippen molar-refractivity contribution >= 4 is 5.96 Å². The lowest BCUT2D eigenvalue weighted by molar-refractivity contribution is 0.868. The van der Waals surface area contributed by atoms with Gasteiger partial charge in [0.25, 0.3) is 0 Å². The summed E-state index contributed by atoms with van der Waals surface area (Å²) < 4.78 is 0. The molecule has 9 heavy (non-hydrogen) atoms. The van der Waals surface area contributed by atoms with Crippen LogP contribution in [0.25, 0.3) is 0 Å². The second-order valence-corrected chi connectivity index (χ2v) is 1.61. The molecule has 0 saturated heterocycles. The highest BCUT2D eigenvalue weighted by molar-refractivity contribution is 5.75. The van der Waals surface area contributed by atoms with Gasteiger partial charge in [0.2, 0.25) is 0 Å². The molecule has 0 aromatic heterocycles. The van der Waals surface area contributed by atoms with Gasteiger partial charge in [-0.25, -0.2) is 0 Å². The third kappa shape index (κ3) is 6.83. The van der Waals surface area contributed by atoms with E-state index in [1.165, 1.54) is 0 Å². The zero-order chi connectivity index (χ0) is 7.11. The van der Waals surface area contributed by atoms with Gasteiger partial charge in [-0.2, -0.15) is 0 Å². The van der Waals surface area contributed by atoms with Gasteiger partial charge in [0, 0.05) is 13.0 Å². The molecule has 0 heterocycles. The van der Waals surface area contributed by atoms with E-state index in [2.05, 4.69) is 10.9 Å². The first kappa shape index (κ1) is 7.83. The molecular weight excluding hydrogens is 114 g/mol. The number of nitrogens with two attached hydrogens (primary N) is 2. The molecule has 4 N–H and O–H groups in total. The van der Waals surface area contributed by atoms with Gasteiger partial charge >= 0.3 is 0 Å². The number of guanidine groups is 1. The molecule has 0 unspecified atom stereocenters. The summed E-state index contributed by atoms with van der Waals surface area (Å²) in [6, 6.07) is 0. The topological polar surface area (TPSA) is 64.4 Å². The summed E-state index contributed by atoms with van der Waals surface area (Å²) in [5.41, 5.74) is 10.1. The maximum atomic E-state index is 5.05. The van der Waals surface area contributed by atoms with Gasteiger partial charge in [-0.1, -0.05) is 0 Å². The summed E-state index contributed by atoms with van der Waals surface area (Å²) in [5.74, 6) is 2.62. The monoisotopic (exact) mass is 125 g/mol. The van der Waals surface area contributed by atoms with Crippen LogP contribution in [0.4, 0.5) is 0 Å². The minimum Gasteiger partial charge on any atom is -0.370 e. The van der Waals surface area contributed by atoms with Crippen LogP contribution in [0.5, 0.6) is 0 Å². The molecule has 50 valence electrons. The molecule has 0 amide bonds. The van der Waals surface area contributed by atoms with Crippen LogP contribution in [0.3, 0.4) is 0 Å². The van der Waals surface area contributed by atoms with Crippen molar-refractivity contribution in [3.8, 4) is 12.3 Å². The predicted octanol–water partition coefficient (Wildman–Crippen LogP) is -0.327.